The summed E-state index contributed by atoms with van der Waals surface area (Å²) in [7, 11) is 1.31. The average molecular weight is 446 g/mol. The molecule has 0 unspecified atom stereocenters. The van der Waals surface area contributed by atoms with Crippen LogP contribution in [-0.4, -0.2) is 71.0 Å². The summed E-state index contributed by atoms with van der Waals surface area (Å²) >= 11 is 0. The van der Waals surface area contributed by atoms with E-state index in [-0.39, 0.29) is 41.3 Å². The Hall–Kier alpha value is -2.84. The van der Waals surface area contributed by atoms with E-state index in [4.69, 9.17) is 9.47 Å². The van der Waals surface area contributed by atoms with E-state index in [1.165, 1.54) is 20.1 Å². The first-order valence-corrected chi connectivity index (χ1v) is 11.5. The minimum absolute atomic E-state index is 0.00959. The van der Waals surface area contributed by atoms with Gasteiger partial charge in [0.05, 0.1) is 13.2 Å². The van der Waals surface area contributed by atoms with Crippen molar-refractivity contribution in [3.8, 4) is 5.75 Å². The van der Waals surface area contributed by atoms with E-state index in [2.05, 4.69) is 0 Å². The third-order valence-electron chi connectivity index (χ3n) is 6.83. The minimum Gasteiger partial charge on any atom is -0.489 e. The number of pyridine rings is 1. The number of esters is 1. The van der Waals surface area contributed by atoms with E-state index in [9.17, 15) is 19.2 Å². The number of methoxy groups -OCH3 is 1. The van der Waals surface area contributed by atoms with E-state index < -0.39 is 12.0 Å². The number of hydrogen-bond donors (Lipinski definition) is 0. The number of aromatic nitrogens is 1. The molecule has 0 bridgehead atoms. The second kappa shape index (κ2) is 9.34. The number of likely N-dealkylation sites (tertiary alicyclic amines) is 1. The van der Waals surface area contributed by atoms with Gasteiger partial charge in [0.1, 0.15) is 17.4 Å². The molecule has 174 valence electrons. The zero-order valence-corrected chi connectivity index (χ0v) is 18.8. The van der Waals surface area contributed by atoms with Gasteiger partial charge >= 0.3 is 5.97 Å². The molecule has 4 rings (SSSR count). The summed E-state index contributed by atoms with van der Waals surface area (Å²) in [5.74, 6) is -0.462. The van der Waals surface area contributed by atoms with Crippen molar-refractivity contribution in [2.75, 3.05) is 26.7 Å². The molecule has 9 nitrogen and oxygen atoms in total. The second-order valence-electron chi connectivity index (χ2n) is 8.78. The smallest absolute Gasteiger partial charge is 0.343 e. The predicted octanol–water partition coefficient (Wildman–Crippen LogP) is 1.35. The number of amides is 2. The maximum atomic E-state index is 13.2. The zero-order valence-electron chi connectivity index (χ0n) is 18.8. The largest absolute Gasteiger partial charge is 0.489 e. The van der Waals surface area contributed by atoms with Gasteiger partial charge in [-0.2, -0.15) is 0 Å². The van der Waals surface area contributed by atoms with Crippen LogP contribution in [0.3, 0.4) is 0 Å². The molecule has 1 aromatic heterocycles. The van der Waals surface area contributed by atoms with Crippen LogP contribution in [0.2, 0.25) is 0 Å². The molecule has 0 radical (unpaired) electrons. The van der Waals surface area contributed by atoms with Crippen LogP contribution in [0.5, 0.6) is 5.75 Å². The summed E-state index contributed by atoms with van der Waals surface area (Å²) < 4.78 is 12.7. The Bertz CT molecular complexity index is 965. The molecule has 3 heterocycles. The van der Waals surface area contributed by atoms with Crippen molar-refractivity contribution in [2.24, 2.45) is 0 Å². The first kappa shape index (κ1) is 22.4. The molecule has 2 amide bonds. The van der Waals surface area contributed by atoms with Gasteiger partial charge in [0.2, 0.25) is 11.8 Å². The SMILES string of the molecule is COC(=O)c1c(OC2CCCC2)cc(=O)n2c1CCN(C(=O)[C@@H]1CCCN1C(C)=O)CC2. The number of carbonyl (C=O) groups excluding carboxylic acids is 3. The van der Waals surface area contributed by atoms with Crippen molar-refractivity contribution < 1.29 is 23.9 Å². The summed E-state index contributed by atoms with van der Waals surface area (Å²) in [4.78, 5) is 54.1. The van der Waals surface area contributed by atoms with Crippen LogP contribution in [0.4, 0.5) is 0 Å². The maximum absolute atomic E-state index is 13.2. The number of ether oxygens (including phenoxy) is 2. The topological polar surface area (TPSA) is 98.2 Å². The van der Waals surface area contributed by atoms with Gasteiger partial charge < -0.3 is 23.8 Å². The highest BCUT2D eigenvalue weighted by atomic mass is 16.5. The van der Waals surface area contributed by atoms with Crippen molar-refractivity contribution in [3.05, 3.63) is 27.7 Å². The summed E-state index contributed by atoms with van der Waals surface area (Å²) in [5.41, 5.74) is 0.572. The van der Waals surface area contributed by atoms with Crippen LogP contribution < -0.4 is 10.3 Å². The Labute approximate surface area is 187 Å². The van der Waals surface area contributed by atoms with Crippen LogP contribution in [0.15, 0.2) is 10.9 Å². The third kappa shape index (κ3) is 4.25. The van der Waals surface area contributed by atoms with Crippen molar-refractivity contribution in [1.29, 1.82) is 0 Å². The van der Waals surface area contributed by atoms with Crippen LogP contribution in [0.25, 0.3) is 0 Å². The molecule has 1 saturated carbocycles. The Balaban J connectivity index is 1.61. The Kier molecular flexibility index (Phi) is 6.53. The highest BCUT2D eigenvalue weighted by Gasteiger charge is 2.36. The highest BCUT2D eigenvalue weighted by Crippen LogP contribution is 2.29. The Morgan fingerprint density at radius 3 is 2.44 bits per heavy atom. The van der Waals surface area contributed by atoms with E-state index in [0.29, 0.717) is 38.2 Å². The fourth-order valence-electron chi connectivity index (χ4n) is 5.18. The lowest BCUT2D eigenvalue weighted by Crippen LogP contribution is -2.48. The normalized spacial score (nSPS) is 21.2. The molecule has 3 aliphatic rings. The molecule has 0 N–H and O–H groups in total. The van der Waals surface area contributed by atoms with Crippen molar-refractivity contribution >= 4 is 17.8 Å². The minimum atomic E-state index is -0.542. The fraction of sp³-hybridized carbons (Fsp3) is 0.652. The van der Waals surface area contributed by atoms with Gasteiger partial charge in [-0.25, -0.2) is 4.79 Å². The molecule has 2 aliphatic heterocycles. The highest BCUT2D eigenvalue weighted by molar-refractivity contribution is 5.94. The van der Waals surface area contributed by atoms with Gasteiger partial charge in [0, 0.05) is 51.3 Å². The lowest BCUT2D eigenvalue weighted by atomic mass is 10.1. The summed E-state index contributed by atoms with van der Waals surface area (Å²) in [6.07, 6.45) is 5.71. The second-order valence-corrected chi connectivity index (χ2v) is 8.78. The van der Waals surface area contributed by atoms with E-state index >= 15 is 0 Å². The maximum Gasteiger partial charge on any atom is 0.343 e. The van der Waals surface area contributed by atoms with E-state index in [1.54, 1.807) is 14.4 Å². The van der Waals surface area contributed by atoms with E-state index in [1.807, 2.05) is 0 Å². The summed E-state index contributed by atoms with van der Waals surface area (Å²) in [6.45, 7) is 3.06. The molecular formula is C23H31N3O6. The number of carbonyl (C=O) groups is 3. The van der Waals surface area contributed by atoms with Gasteiger partial charge in [0.25, 0.3) is 5.56 Å². The molecule has 2 fully saturated rings. The Morgan fingerprint density at radius 1 is 1.00 bits per heavy atom. The van der Waals surface area contributed by atoms with Crippen molar-refractivity contribution in [2.45, 2.75) is 70.6 Å². The van der Waals surface area contributed by atoms with Gasteiger partial charge in [-0.15, -0.1) is 0 Å². The van der Waals surface area contributed by atoms with Crippen LogP contribution in [0.1, 0.15) is 61.5 Å². The molecule has 1 saturated heterocycles. The summed E-state index contributed by atoms with van der Waals surface area (Å²) in [6, 6.07) is 0.923. The predicted molar refractivity (Wildman–Crippen MR) is 116 cm³/mol. The van der Waals surface area contributed by atoms with Gasteiger partial charge in [0.15, 0.2) is 0 Å². The molecule has 9 heteroatoms. The number of nitrogens with zero attached hydrogens (tertiary/aromatic N) is 3. The first-order chi connectivity index (χ1) is 15.4. The molecule has 1 atom stereocenters. The monoisotopic (exact) mass is 445 g/mol. The quantitative estimate of drug-likeness (QED) is 0.649. The fourth-order valence-corrected chi connectivity index (χ4v) is 5.18. The zero-order chi connectivity index (χ0) is 22.8. The van der Waals surface area contributed by atoms with Crippen LogP contribution >= 0.6 is 0 Å². The van der Waals surface area contributed by atoms with Crippen molar-refractivity contribution in [1.82, 2.24) is 14.4 Å². The standard InChI is InChI=1S/C23H31N3O6/c1-15(27)25-10-5-8-18(25)22(29)24-11-9-17-21(23(30)31-2)19(32-16-6-3-4-7-16)14-20(28)26(17)13-12-24/h14,16,18H,3-13H2,1-2H3/t18-/m0/s1. The lowest BCUT2D eigenvalue weighted by Gasteiger charge is -2.28. The van der Waals surface area contributed by atoms with Gasteiger partial charge in [-0.05, 0) is 38.5 Å². The molecule has 0 aromatic carbocycles. The van der Waals surface area contributed by atoms with Crippen LogP contribution in [0, 0.1) is 0 Å². The van der Waals surface area contributed by atoms with E-state index in [0.717, 1.165) is 32.1 Å². The molecule has 0 spiro atoms. The molecule has 32 heavy (non-hydrogen) atoms. The van der Waals surface area contributed by atoms with Gasteiger partial charge in [-0.1, -0.05) is 0 Å². The first-order valence-electron chi connectivity index (χ1n) is 11.5. The lowest BCUT2D eigenvalue weighted by molar-refractivity contribution is -0.142. The number of fused-ring (bicyclic) bond motifs is 1. The average Bonchev–Trinajstić information content (AvgIpc) is 3.41. The number of rotatable bonds is 4. The molecule has 1 aliphatic carbocycles. The third-order valence-corrected chi connectivity index (χ3v) is 6.83. The van der Waals surface area contributed by atoms with Crippen LogP contribution in [-0.2, 0) is 27.3 Å². The summed E-state index contributed by atoms with van der Waals surface area (Å²) in [5, 5.41) is 0. The molecule has 1 aromatic rings. The van der Waals surface area contributed by atoms with Gasteiger partial charge in [-0.3, -0.25) is 14.4 Å². The molecular weight excluding hydrogens is 414 g/mol. The number of hydrogen-bond acceptors (Lipinski definition) is 6. The van der Waals surface area contributed by atoms with Crippen molar-refractivity contribution in [3.63, 3.8) is 0 Å². The Morgan fingerprint density at radius 2 is 1.75 bits per heavy atom.